The Kier molecular flexibility index (Phi) is 5.91. The predicted molar refractivity (Wildman–Crippen MR) is 90.6 cm³/mol. The Bertz CT molecular complexity index is 760. The zero-order chi connectivity index (χ0) is 19.3. The number of carbonyl (C=O) groups excluding carboxylic acids is 1. The molecule has 2 N–H and O–H groups in total. The van der Waals surface area contributed by atoms with Gasteiger partial charge < -0.3 is 15.4 Å². The van der Waals surface area contributed by atoms with E-state index in [-0.39, 0.29) is 11.4 Å². The zero-order valence-electron chi connectivity index (χ0n) is 14.4. The number of nitrogens with zero attached hydrogens (tertiary/aromatic N) is 4. The minimum Gasteiger partial charge on any atom is -0.379 e. The Hall–Kier alpha value is -2.66. The maximum Gasteiger partial charge on any atom is 0.418 e. The molecule has 0 radical (unpaired) electrons. The molecule has 2 heterocycles. The molecule has 1 saturated heterocycles. The summed E-state index contributed by atoms with van der Waals surface area (Å²) in [5.74, 6) is 0. The number of amides is 2. The van der Waals surface area contributed by atoms with Crippen molar-refractivity contribution in [3.8, 4) is 5.69 Å². The van der Waals surface area contributed by atoms with E-state index in [9.17, 15) is 18.0 Å². The molecule has 0 saturated carbocycles. The van der Waals surface area contributed by atoms with Gasteiger partial charge in [0.2, 0.25) is 0 Å². The summed E-state index contributed by atoms with van der Waals surface area (Å²) in [6.45, 7) is 3.93. The highest BCUT2D eigenvalue weighted by Gasteiger charge is 2.34. The molecule has 146 valence electrons. The van der Waals surface area contributed by atoms with Gasteiger partial charge in [-0.25, -0.2) is 14.5 Å². The minimum absolute atomic E-state index is 0.0371. The van der Waals surface area contributed by atoms with Gasteiger partial charge in [-0.1, -0.05) is 0 Å². The van der Waals surface area contributed by atoms with Crippen molar-refractivity contribution in [2.45, 2.75) is 6.18 Å². The number of morpholine rings is 1. The number of urea groups is 1. The summed E-state index contributed by atoms with van der Waals surface area (Å²) < 4.78 is 46.3. The Morgan fingerprint density at radius 2 is 2.04 bits per heavy atom. The van der Waals surface area contributed by atoms with Crippen LogP contribution in [-0.4, -0.2) is 65.1 Å². The normalized spacial score (nSPS) is 15.5. The fourth-order valence-electron chi connectivity index (χ4n) is 2.70. The largest absolute Gasteiger partial charge is 0.418 e. The van der Waals surface area contributed by atoms with Crippen LogP contribution >= 0.6 is 0 Å². The minimum atomic E-state index is -4.61. The van der Waals surface area contributed by atoms with Crippen molar-refractivity contribution in [1.82, 2.24) is 25.0 Å². The number of nitrogens with one attached hydrogen (secondary N) is 2. The van der Waals surface area contributed by atoms with Crippen LogP contribution in [0.15, 0.2) is 30.9 Å². The van der Waals surface area contributed by atoms with Gasteiger partial charge >= 0.3 is 12.2 Å². The predicted octanol–water partition coefficient (Wildman–Crippen LogP) is 1.74. The van der Waals surface area contributed by atoms with Crippen molar-refractivity contribution in [2.24, 2.45) is 0 Å². The molecule has 3 rings (SSSR count). The first-order valence-corrected chi connectivity index (χ1v) is 8.35. The molecule has 8 nitrogen and oxygen atoms in total. The smallest absolute Gasteiger partial charge is 0.379 e. The van der Waals surface area contributed by atoms with Gasteiger partial charge in [0.05, 0.1) is 24.5 Å². The van der Waals surface area contributed by atoms with Crippen molar-refractivity contribution in [2.75, 3.05) is 44.7 Å². The van der Waals surface area contributed by atoms with Crippen molar-refractivity contribution in [1.29, 1.82) is 0 Å². The average Bonchev–Trinajstić information content (AvgIpc) is 3.16. The van der Waals surface area contributed by atoms with Crippen molar-refractivity contribution in [3.05, 3.63) is 36.4 Å². The third-order valence-electron chi connectivity index (χ3n) is 4.04. The highest BCUT2D eigenvalue weighted by molar-refractivity contribution is 5.89. The monoisotopic (exact) mass is 384 g/mol. The number of anilines is 1. The highest BCUT2D eigenvalue weighted by Crippen LogP contribution is 2.35. The molecule has 1 fully saturated rings. The van der Waals surface area contributed by atoms with E-state index in [1.54, 1.807) is 0 Å². The van der Waals surface area contributed by atoms with Crippen molar-refractivity contribution in [3.63, 3.8) is 0 Å². The first-order chi connectivity index (χ1) is 12.9. The van der Waals surface area contributed by atoms with Crippen LogP contribution in [0, 0.1) is 0 Å². The number of hydrogen-bond donors (Lipinski definition) is 2. The van der Waals surface area contributed by atoms with Gasteiger partial charge in [-0.3, -0.25) is 4.90 Å². The van der Waals surface area contributed by atoms with Crippen LogP contribution in [0.5, 0.6) is 0 Å². The molecule has 1 aliphatic rings. The molecule has 0 atom stereocenters. The van der Waals surface area contributed by atoms with E-state index in [4.69, 9.17) is 4.74 Å². The van der Waals surface area contributed by atoms with Crippen LogP contribution in [0.4, 0.5) is 23.7 Å². The number of ether oxygens (including phenoxy) is 1. The lowest BCUT2D eigenvalue weighted by atomic mass is 10.1. The van der Waals surface area contributed by atoms with E-state index in [0.29, 0.717) is 26.3 Å². The van der Waals surface area contributed by atoms with Crippen LogP contribution in [0.25, 0.3) is 5.69 Å². The molecule has 0 aliphatic carbocycles. The number of alkyl halides is 3. The van der Waals surface area contributed by atoms with Crippen LogP contribution < -0.4 is 10.6 Å². The van der Waals surface area contributed by atoms with E-state index in [0.717, 1.165) is 30.2 Å². The summed E-state index contributed by atoms with van der Waals surface area (Å²) in [5.41, 5.74) is -1.05. The first-order valence-electron chi connectivity index (χ1n) is 8.35. The fraction of sp³-hybridized carbons (Fsp3) is 0.438. The molecule has 2 amide bonds. The van der Waals surface area contributed by atoms with E-state index in [2.05, 4.69) is 25.6 Å². The maximum absolute atomic E-state index is 13.4. The Labute approximate surface area is 153 Å². The second kappa shape index (κ2) is 8.35. The van der Waals surface area contributed by atoms with Crippen molar-refractivity contribution < 1.29 is 22.7 Å². The van der Waals surface area contributed by atoms with Gasteiger partial charge in [0.15, 0.2) is 0 Å². The molecular weight excluding hydrogens is 365 g/mol. The van der Waals surface area contributed by atoms with Crippen LogP contribution in [0.2, 0.25) is 0 Å². The number of halogens is 3. The summed E-state index contributed by atoms with van der Waals surface area (Å²) >= 11 is 0. The van der Waals surface area contributed by atoms with Crippen LogP contribution in [0.3, 0.4) is 0 Å². The summed E-state index contributed by atoms with van der Waals surface area (Å²) in [6, 6.07) is 2.93. The first kappa shape index (κ1) is 19.1. The number of rotatable bonds is 5. The fourth-order valence-corrected chi connectivity index (χ4v) is 2.70. The van der Waals surface area contributed by atoms with E-state index < -0.39 is 17.8 Å². The van der Waals surface area contributed by atoms with Gasteiger partial charge in [0.1, 0.15) is 12.7 Å². The number of aromatic nitrogens is 3. The molecular formula is C16H19F3N6O2. The van der Waals surface area contributed by atoms with Crippen molar-refractivity contribution >= 4 is 11.7 Å². The standard InChI is InChI=1S/C16H19F3N6O2/c17-16(18,19)13-9-12(1-2-14(13)25-11-20-10-22-25)23-15(26)21-3-4-24-5-7-27-8-6-24/h1-2,9-11H,3-8H2,(H2,21,23,26). The van der Waals surface area contributed by atoms with Gasteiger partial charge in [-0.2, -0.15) is 18.3 Å². The SMILES string of the molecule is O=C(NCCN1CCOCC1)Nc1ccc(-n2cncn2)c(C(F)(F)F)c1. The second-order valence-electron chi connectivity index (χ2n) is 5.90. The summed E-state index contributed by atoms with van der Waals surface area (Å²) in [6.07, 6.45) is -2.28. The number of hydrogen-bond acceptors (Lipinski definition) is 5. The third-order valence-corrected chi connectivity index (χ3v) is 4.04. The Balaban J connectivity index is 1.61. The average molecular weight is 384 g/mol. The lowest BCUT2D eigenvalue weighted by molar-refractivity contribution is -0.137. The van der Waals surface area contributed by atoms with E-state index in [1.165, 1.54) is 18.5 Å². The molecule has 1 aliphatic heterocycles. The highest BCUT2D eigenvalue weighted by atomic mass is 19.4. The lowest BCUT2D eigenvalue weighted by Gasteiger charge is -2.26. The summed E-state index contributed by atoms with van der Waals surface area (Å²) in [5, 5.41) is 8.79. The molecule has 1 aromatic carbocycles. The zero-order valence-corrected chi connectivity index (χ0v) is 14.4. The van der Waals surface area contributed by atoms with E-state index in [1.807, 2.05) is 0 Å². The van der Waals surface area contributed by atoms with E-state index >= 15 is 0 Å². The van der Waals surface area contributed by atoms with Gasteiger partial charge in [-0.15, -0.1) is 0 Å². The third kappa shape index (κ3) is 5.17. The summed E-state index contributed by atoms with van der Waals surface area (Å²) in [4.78, 5) is 17.7. The quantitative estimate of drug-likeness (QED) is 0.821. The van der Waals surface area contributed by atoms with Gasteiger partial charge in [0.25, 0.3) is 0 Å². The number of benzene rings is 1. The summed E-state index contributed by atoms with van der Waals surface area (Å²) in [7, 11) is 0. The number of carbonyl (C=O) groups is 1. The molecule has 27 heavy (non-hydrogen) atoms. The molecule has 0 spiro atoms. The van der Waals surface area contributed by atoms with Gasteiger partial charge in [-0.05, 0) is 18.2 Å². The molecule has 1 aromatic heterocycles. The topological polar surface area (TPSA) is 84.3 Å². The Morgan fingerprint density at radius 3 is 2.70 bits per heavy atom. The lowest BCUT2D eigenvalue weighted by Crippen LogP contribution is -2.42. The van der Waals surface area contributed by atoms with Crippen LogP contribution in [0.1, 0.15) is 5.56 Å². The molecule has 0 bridgehead atoms. The van der Waals surface area contributed by atoms with Crippen LogP contribution in [-0.2, 0) is 10.9 Å². The Morgan fingerprint density at radius 1 is 1.26 bits per heavy atom. The molecule has 0 unspecified atom stereocenters. The molecule has 2 aromatic rings. The van der Waals surface area contributed by atoms with Gasteiger partial charge in [0, 0.05) is 31.9 Å². The second-order valence-corrected chi connectivity index (χ2v) is 5.90. The maximum atomic E-state index is 13.4. The molecule has 11 heteroatoms.